The molecule has 1 amide bonds. The minimum absolute atomic E-state index is 0. The van der Waals surface area contributed by atoms with E-state index in [4.69, 9.17) is 9.84 Å². The second-order valence-corrected chi connectivity index (χ2v) is 5.91. The van der Waals surface area contributed by atoms with Crippen LogP contribution < -0.4 is 5.32 Å². The molecule has 0 aliphatic heterocycles. The lowest BCUT2D eigenvalue weighted by atomic mass is 9.98. The number of aromatic carboxylic acids is 1. The molecule has 0 saturated carbocycles. The Bertz CT molecular complexity index is 956. The van der Waals surface area contributed by atoms with E-state index in [1.165, 1.54) is 6.20 Å². The monoisotopic (exact) mass is 385 g/mol. The fourth-order valence-corrected chi connectivity index (χ4v) is 3.29. The second kappa shape index (κ2) is 7.51. The van der Waals surface area contributed by atoms with Crippen molar-refractivity contribution in [2.45, 2.75) is 5.92 Å². The van der Waals surface area contributed by atoms with E-state index < -0.39 is 12.1 Å². The van der Waals surface area contributed by atoms with Crippen molar-refractivity contribution in [1.82, 2.24) is 10.2 Å². The van der Waals surface area contributed by atoms with Gasteiger partial charge in [-0.2, -0.15) is 5.10 Å². The number of carbonyl (C=O) groups is 2. The molecule has 0 bridgehead atoms. The van der Waals surface area contributed by atoms with Crippen molar-refractivity contribution in [2.75, 3.05) is 11.9 Å². The molecule has 0 spiro atoms. The zero-order valence-corrected chi connectivity index (χ0v) is 14.8. The Balaban J connectivity index is 0.00000210. The van der Waals surface area contributed by atoms with Crippen LogP contribution >= 0.6 is 12.4 Å². The van der Waals surface area contributed by atoms with Crippen LogP contribution in [0.25, 0.3) is 11.1 Å². The first-order valence-corrected chi connectivity index (χ1v) is 8.04. The van der Waals surface area contributed by atoms with Crippen LogP contribution in [0, 0.1) is 0 Å². The SMILES string of the molecule is Cl.O=C(Nc1cn[nH]c1C(=O)O)OCC1c2ccccc2-c2ccccc21. The molecule has 0 saturated heterocycles. The average Bonchev–Trinajstić information content (AvgIpc) is 3.23. The molecule has 3 N–H and O–H groups in total. The molecule has 138 valence electrons. The highest BCUT2D eigenvalue weighted by atomic mass is 35.5. The number of anilines is 1. The van der Waals surface area contributed by atoms with Gasteiger partial charge in [-0.25, -0.2) is 9.59 Å². The van der Waals surface area contributed by atoms with Gasteiger partial charge in [0.05, 0.1) is 11.9 Å². The van der Waals surface area contributed by atoms with Gasteiger partial charge in [-0.1, -0.05) is 48.5 Å². The molecule has 0 atom stereocenters. The summed E-state index contributed by atoms with van der Waals surface area (Å²) in [6.07, 6.45) is 0.501. The smallest absolute Gasteiger partial charge is 0.411 e. The number of hydrogen-bond donors (Lipinski definition) is 3. The number of H-pyrrole nitrogens is 1. The number of benzene rings is 2. The van der Waals surface area contributed by atoms with E-state index in [2.05, 4.69) is 27.6 Å². The van der Waals surface area contributed by atoms with Crippen LogP contribution in [0.1, 0.15) is 27.5 Å². The number of nitrogens with one attached hydrogen (secondary N) is 2. The number of carboxylic acids is 1. The first kappa shape index (κ1) is 18.5. The molecular formula is C19H16ClN3O4. The number of amides is 1. The van der Waals surface area contributed by atoms with Crippen LogP contribution in [0.4, 0.5) is 10.5 Å². The van der Waals surface area contributed by atoms with Crippen molar-refractivity contribution in [1.29, 1.82) is 0 Å². The maximum atomic E-state index is 12.1. The summed E-state index contributed by atoms with van der Waals surface area (Å²) in [5.41, 5.74) is 4.36. The van der Waals surface area contributed by atoms with Gasteiger partial charge >= 0.3 is 12.1 Å². The first-order chi connectivity index (χ1) is 12.6. The Morgan fingerprint density at radius 3 is 2.26 bits per heavy atom. The maximum absolute atomic E-state index is 12.1. The quantitative estimate of drug-likeness (QED) is 0.632. The number of aromatic nitrogens is 2. The van der Waals surface area contributed by atoms with Crippen LogP contribution in [0.2, 0.25) is 0 Å². The molecule has 2 aromatic carbocycles. The normalized spacial score (nSPS) is 11.9. The van der Waals surface area contributed by atoms with Crippen molar-refractivity contribution in [3.63, 3.8) is 0 Å². The number of aromatic amines is 1. The highest BCUT2D eigenvalue weighted by molar-refractivity contribution is 5.96. The van der Waals surface area contributed by atoms with Crippen LogP contribution in [-0.2, 0) is 4.74 Å². The fourth-order valence-electron chi connectivity index (χ4n) is 3.29. The summed E-state index contributed by atoms with van der Waals surface area (Å²) in [6.45, 7) is 0.153. The van der Waals surface area contributed by atoms with Crippen molar-refractivity contribution >= 4 is 30.2 Å². The van der Waals surface area contributed by atoms with Gasteiger partial charge in [0.25, 0.3) is 0 Å². The summed E-state index contributed by atoms with van der Waals surface area (Å²) in [5.74, 6) is -1.27. The molecule has 1 aliphatic carbocycles. The largest absolute Gasteiger partial charge is 0.476 e. The van der Waals surface area contributed by atoms with Crippen molar-refractivity contribution in [3.8, 4) is 11.1 Å². The van der Waals surface area contributed by atoms with Crippen molar-refractivity contribution < 1.29 is 19.4 Å². The Labute approximate surface area is 160 Å². The average molecular weight is 386 g/mol. The molecule has 1 aromatic heterocycles. The van der Waals surface area contributed by atoms with Gasteiger partial charge in [-0.3, -0.25) is 10.4 Å². The molecule has 0 radical (unpaired) electrons. The molecule has 0 unspecified atom stereocenters. The predicted molar refractivity (Wildman–Crippen MR) is 101 cm³/mol. The van der Waals surface area contributed by atoms with E-state index in [9.17, 15) is 9.59 Å². The first-order valence-electron chi connectivity index (χ1n) is 8.04. The van der Waals surface area contributed by atoms with E-state index >= 15 is 0 Å². The fraction of sp³-hybridized carbons (Fsp3) is 0.105. The lowest BCUT2D eigenvalue weighted by Gasteiger charge is -2.14. The molecule has 4 rings (SSSR count). The Kier molecular flexibility index (Phi) is 5.14. The molecule has 1 heterocycles. The van der Waals surface area contributed by atoms with Gasteiger partial charge in [-0.15, -0.1) is 12.4 Å². The van der Waals surface area contributed by atoms with E-state index in [-0.39, 0.29) is 36.3 Å². The number of fused-ring (bicyclic) bond motifs is 3. The number of halogens is 1. The predicted octanol–water partition coefficient (Wildman–Crippen LogP) is 3.89. The summed E-state index contributed by atoms with van der Waals surface area (Å²) >= 11 is 0. The third-order valence-corrected chi connectivity index (χ3v) is 4.43. The Morgan fingerprint density at radius 2 is 1.67 bits per heavy atom. The Hall–Kier alpha value is -3.32. The molecule has 3 aromatic rings. The zero-order valence-electron chi connectivity index (χ0n) is 14.0. The lowest BCUT2D eigenvalue weighted by molar-refractivity contribution is 0.0691. The number of carbonyl (C=O) groups excluding carboxylic acids is 1. The highest BCUT2D eigenvalue weighted by Crippen LogP contribution is 2.44. The van der Waals surface area contributed by atoms with Gasteiger partial charge in [0.2, 0.25) is 0 Å². The minimum Gasteiger partial charge on any atom is -0.476 e. The topological polar surface area (TPSA) is 104 Å². The molecular weight excluding hydrogens is 370 g/mol. The highest BCUT2D eigenvalue weighted by Gasteiger charge is 2.29. The van der Waals surface area contributed by atoms with Gasteiger partial charge in [0.1, 0.15) is 6.61 Å². The van der Waals surface area contributed by atoms with Gasteiger partial charge in [0, 0.05) is 5.92 Å². The summed E-state index contributed by atoms with van der Waals surface area (Å²) in [7, 11) is 0. The summed E-state index contributed by atoms with van der Waals surface area (Å²) < 4.78 is 5.36. The van der Waals surface area contributed by atoms with Crippen LogP contribution in [0.3, 0.4) is 0 Å². The van der Waals surface area contributed by atoms with Gasteiger partial charge in [-0.05, 0) is 22.3 Å². The zero-order chi connectivity index (χ0) is 18.1. The molecule has 8 heteroatoms. The van der Waals surface area contributed by atoms with Crippen LogP contribution in [0.5, 0.6) is 0 Å². The van der Waals surface area contributed by atoms with E-state index in [1.54, 1.807) is 0 Å². The standard InChI is InChI=1S/C19H15N3O4.ClH/c23-18(24)17-16(9-20-22-17)21-19(25)26-10-15-13-7-3-1-5-11(13)12-6-2-4-8-14(12)15;/h1-9,15H,10H2,(H,20,22)(H,21,25)(H,23,24);1H. The van der Waals surface area contributed by atoms with Crippen LogP contribution in [-0.4, -0.2) is 34.0 Å². The van der Waals surface area contributed by atoms with Gasteiger partial charge < -0.3 is 9.84 Å². The second-order valence-electron chi connectivity index (χ2n) is 5.91. The number of hydrogen-bond acceptors (Lipinski definition) is 4. The number of carboxylic acid groups (broad SMARTS) is 1. The van der Waals surface area contributed by atoms with E-state index in [1.807, 2.05) is 36.4 Å². The summed E-state index contributed by atoms with van der Waals surface area (Å²) in [5, 5.41) is 17.4. The van der Waals surface area contributed by atoms with Crippen LogP contribution in [0.15, 0.2) is 54.7 Å². The van der Waals surface area contributed by atoms with Crippen molar-refractivity contribution in [3.05, 3.63) is 71.5 Å². The molecule has 27 heavy (non-hydrogen) atoms. The third-order valence-electron chi connectivity index (χ3n) is 4.43. The number of rotatable bonds is 4. The van der Waals surface area contributed by atoms with E-state index in [0.29, 0.717) is 0 Å². The molecule has 7 nitrogen and oxygen atoms in total. The Morgan fingerprint density at radius 1 is 1.07 bits per heavy atom. The van der Waals surface area contributed by atoms with Gasteiger partial charge in [0.15, 0.2) is 5.69 Å². The summed E-state index contributed by atoms with van der Waals surface area (Å²) in [4.78, 5) is 23.1. The maximum Gasteiger partial charge on any atom is 0.411 e. The van der Waals surface area contributed by atoms with Crippen molar-refractivity contribution in [2.24, 2.45) is 0 Å². The molecule has 0 fully saturated rings. The minimum atomic E-state index is -1.21. The molecule has 1 aliphatic rings. The number of ether oxygens (including phenoxy) is 1. The van der Waals surface area contributed by atoms with E-state index in [0.717, 1.165) is 22.3 Å². The number of nitrogens with zero attached hydrogens (tertiary/aromatic N) is 1. The third kappa shape index (κ3) is 3.37. The summed E-state index contributed by atoms with van der Waals surface area (Å²) in [6, 6.07) is 16.1. The lowest BCUT2D eigenvalue weighted by Crippen LogP contribution is -2.18.